The lowest BCUT2D eigenvalue weighted by Crippen LogP contribution is -2.28. The average molecular weight is 519 g/mol. The van der Waals surface area contributed by atoms with Crippen LogP contribution in [0.1, 0.15) is 41.0 Å². The van der Waals surface area contributed by atoms with Gasteiger partial charge in [0, 0.05) is 30.9 Å². The lowest BCUT2D eigenvalue weighted by atomic mass is 10.0. The third-order valence-corrected chi connectivity index (χ3v) is 5.22. The molecule has 2 N–H and O–H groups in total. The lowest BCUT2D eigenvalue weighted by molar-refractivity contribution is -0.0942. The first kappa shape index (κ1) is 27.3. The highest BCUT2D eigenvalue weighted by Gasteiger charge is 2.34. The van der Waals surface area contributed by atoms with Crippen LogP contribution in [0.25, 0.3) is 0 Å². The van der Waals surface area contributed by atoms with E-state index in [1.54, 1.807) is 6.92 Å². The SMILES string of the molecule is C/C=C\C(CNC(=O)c1cn(C)nc1NC(=O)c1cc(Cl)c(OC)c(Cl)c1)=C(/CC)C(F)(F)F. The molecule has 0 aliphatic rings. The van der Waals surface area contributed by atoms with Gasteiger partial charge in [0.2, 0.25) is 0 Å². The second-order valence-electron chi connectivity index (χ2n) is 7.03. The van der Waals surface area contributed by atoms with E-state index in [-0.39, 0.29) is 51.3 Å². The molecular formula is C22H23Cl2F3N4O3. The smallest absolute Gasteiger partial charge is 0.413 e. The third kappa shape index (κ3) is 6.54. The molecule has 2 rings (SSSR count). The number of anilines is 1. The van der Waals surface area contributed by atoms with E-state index in [0.717, 1.165) is 0 Å². The van der Waals surface area contributed by atoms with Crippen molar-refractivity contribution in [2.24, 2.45) is 7.05 Å². The van der Waals surface area contributed by atoms with Gasteiger partial charge >= 0.3 is 6.18 Å². The van der Waals surface area contributed by atoms with E-state index in [1.165, 1.54) is 56.2 Å². The Labute approximate surface area is 204 Å². The fourth-order valence-corrected chi connectivity index (χ4v) is 3.80. The molecular weight excluding hydrogens is 496 g/mol. The minimum atomic E-state index is -4.53. The van der Waals surface area contributed by atoms with Crippen LogP contribution in [0.3, 0.4) is 0 Å². The van der Waals surface area contributed by atoms with Crippen LogP contribution in [0.2, 0.25) is 10.0 Å². The maximum absolute atomic E-state index is 13.3. The topological polar surface area (TPSA) is 85.3 Å². The van der Waals surface area contributed by atoms with Crippen LogP contribution in [-0.4, -0.2) is 41.4 Å². The summed E-state index contributed by atoms with van der Waals surface area (Å²) in [7, 11) is 2.90. The van der Waals surface area contributed by atoms with E-state index in [4.69, 9.17) is 27.9 Å². The van der Waals surface area contributed by atoms with E-state index in [1.807, 2.05) is 0 Å². The molecule has 0 saturated heterocycles. The van der Waals surface area contributed by atoms with E-state index >= 15 is 0 Å². The number of methoxy groups -OCH3 is 1. The van der Waals surface area contributed by atoms with Crippen molar-refractivity contribution in [2.75, 3.05) is 19.0 Å². The first-order valence-electron chi connectivity index (χ1n) is 10.0. The van der Waals surface area contributed by atoms with Gasteiger partial charge in [0.25, 0.3) is 11.8 Å². The third-order valence-electron chi connectivity index (χ3n) is 4.66. The molecule has 0 fully saturated rings. The molecule has 0 unspecified atom stereocenters. The number of nitrogens with one attached hydrogen (secondary N) is 2. The van der Waals surface area contributed by atoms with Crippen LogP contribution < -0.4 is 15.4 Å². The number of benzene rings is 1. The van der Waals surface area contributed by atoms with Gasteiger partial charge in [0.05, 0.1) is 17.2 Å². The van der Waals surface area contributed by atoms with E-state index < -0.39 is 23.6 Å². The van der Waals surface area contributed by atoms with Crippen molar-refractivity contribution in [3.05, 3.63) is 62.8 Å². The zero-order chi connectivity index (χ0) is 25.6. The number of ether oxygens (including phenoxy) is 1. The molecule has 0 bridgehead atoms. The highest BCUT2D eigenvalue weighted by molar-refractivity contribution is 6.37. The largest absolute Gasteiger partial charge is 0.494 e. The highest BCUT2D eigenvalue weighted by atomic mass is 35.5. The summed E-state index contributed by atoms with van der Waals surface area (Å²) in [4.78, 5) is 25.5. The van der Waals surface area contributed by atoms with Gasteiger partial charge in [-0.3, -0.25) is 14.3 Å². The number of carbonyl (C=O) groups excluding carboxylic acids is 2. The van der Waals surface area contributed by atoms with E-state index in [0.29, 0.717) is 0 Å². The number of allylic oxidation sites excluding steroid dienone is 2. The zero-order valence-electron chi connectivity index (χ0n) is 18.8. The second kappa shape index (κ2) is 11.4. The minimum absolute atomic E-state index is 0.0357. The molecule has 0 aliphatic carbocycles. The van der Waals surface area contributed by atoms with Crippen molar-refractivity contribution in [3.8, 4) is 5.75 Å². The molecule has 1 aromatic carbocycles. The fraction of sp³-hybridized carbons (Fsp3) is 0.318. The van der Waals surface area contributed by atoms with Crippen molar-refractivity contribution >= 4 is 40.8 Å². The van der Waals surface area contributed by atoms with Gasteiger partial charge in [0.15, 0.2) is 11.6 Å². The number of rotatable bonds is 8. The number of carbonyl (C=O) groups is 2. The maximum atomic E-state index is 13.3. The Bertz CT molecular complexity index is 1120. The summed E-state index contributed by atoms with van der Waals surface area (Å²) in [6.45, 7) is 2.61. The van der Waals surface area contributed by atoms with Crippen molar-refractivity contribution in [1.29, 1.82) is 0 Å². The van der Waals surface area contributed by atoms with Gasteiger partial charge in [-0.05, 0) is 31.1 Å². The monoisotopic (exact) mass is 518 g/mol. The lowest BCUT2D eigenvalue weighted by Gasteiger charge is -2.15. The molecule has 12 heteroatoms. The Balaban J connectivity index is 2.27. The molecule has 2 amide bonds. The minimum Gasteiger partial charge on any atom is -0.494 e. The van der Waals surface area contributed by atoms with Gasteiger partial charge in [-0.25, -0.2) is 0 Å². The Morgan fingerprint density at radius 3 is 2.32 bits per heavy atom. The number of hydrogen-bond donors (Lipinski definition) is 2. The summed E-state index contributed by atoms with van der Waals surface area (Å²) < 4.78 is 46.3. The Morgan fingerprint density at radius 1 is 1.21 bits per heavy atom. The number of amides is 2. The number of alkyl halides is 3. The van der Waals surface area contributed by atoms with Crippen LogP contribution in [-0.2, 0) is 7.05 Å². The maximum Gasteiger partial charge on any atom is 0.413 e. The van der Waals surface area contributed by atoms with Crippen molar-refractivity contribution in [1.82, 2.24) is 15.1 Å². The first-order valence-corrected chi connectivity index (χ1v) is 10.8. The van der Waals surface area contributed by atoms with Crippen molar-refractivity contribution < 1.29 is 27.5 Å². The number of nitrogens with zero attached hydrogens (tertiary/aromatic N) is 2. The second-order valence-corrected chi connectivity index (χ2v) is 7.84. The molecule has 0 spiro atoms. The van der Waals surface area contributed by atoms with Crippen LogP contribution >= 0.6 is 23.2 Å². The Kier molecular flexibility index (Phi) is 9.17. The molecule has 34 heavy (non-hydrogen) atoms. The Morgan fingerprint density at radius 2 is 1.82 bits per heavy atom. The highest BCUT2D eigenvalue weighted by Crippen LogP contribution is 2.34. The predicted molar refractivity (Wildman–Crippen MR) is 125 cm³/mol. The molecule has 184 valence electrons. The van der Waals surface area contributed by atoms with Crippen LogP contribution in [0.4, 0.5) is 19.0 Å². The summed E-state index contributed by atoms with van der Waals surface area (Å²) in [5.74, 6) is -1.25. The molecule has 0 aliphatic heterocycles. The summed E-state index contributed by atoms with van der Waals surface area (Å²) in [6.07, 6.45) is -0.676. The van der Waals surface area contributed by atoms with E-state index in [9.17, 15) is 22.8 Å². The summed E-state index contributed by atoms with van der Waals surface area (Å²) in [5, 5.41) is 9.23. The first-order chi connectivity index (χ1) is 15.9. The van der Waals surface area contributed by atoms with Crippen molar-refractivity contribution in [2.45, 2.75) is 26.4 Å². The van der Waals surface area contributed by atoms with Gasteiger partial charge in [-0.15, -0.1) is 0 Å². The van der Waals surface area contributed by atoms with Gasteiger partial charge < -0.3 is 15.4 Å². The van der Waals surface area contributed by atoms with Gasteiger partial charge in [0.1, 0.15) is 5.56 Å². The molecule has 2 aromatic rings. The van der Waals surface area contributed by atoms with Crippen molar-refractivity contribution in [3.63, 3.8) is 0 Å². The quantitative estimate of drug-likeness (QED) is 0.447. The molecule has 0 radical (unpaired) electrons. The summed E-state index contributed by atoms with van der Waals surface area (Å²) in [6, 6.07) is 2.67. The van der Waals surface area contributed by atoms with Crippen LogP contribution in [0.15, 0.2) is 41.6 Å². The van der Waals surface area contributed by atoms with Gasteiger partial charge in [-0.2, -0.15) is 18.3 Å². The molecule has 1 aromatic heterocycles. The summed E-state index contributed by atoms with van der Waals surface area (Å²) in [5.41, 5.74) is -0.753. The summed E-state index contributed by atoms with van der Waals surface area (Å²) >= 11 is 12.1. The number of aromatic nitrogens is 2. The number of hydrogen-bond acceptors (Lipinski definition) is 4. The predicted octanol–water partition coefficient (Wildman–Crippen LogP) is 5.56. The van der Waals surface area contributed by atoms with Crippen LogP contribution in [0, 0.1) is 0 Å². The average Bonchev–Trinajstić information content (AvgIpc) is 3.11. The fourth-order valence-electron chi connectivity index (χ4n) is 3.16. The molecule has 0 atom stereocenters. The molecule has 0 saturated carbocycles. The normalized spacial score (nSPS) is 12.5. The zero-order valence-corrected chi connectivity index (χ0v) is 20.3. The standard InChI is InChI=1S/C22H23Cl2F3N4O3/c1-5-7-12(15(6-2)22(25,26)27)10-28-21(33)14-11-31(3)30-19(14)29-20(32)13-8-16(23)18(34-4)17(24)9-13/h5,7-9,11H,6,10H2,1-4H3,(H,28,33)(H,29,30,32)/b7-5-,15-12-. The van der Waals surface area contributed by atoms with Crippen LogP contribution in [0.5, 0.6) is 5.75 Å². The molecule has 7 nitrogen and oxygen atoms in total. The Hall–Kier alpha value is -2.98. The number of aryl methyl sites for hydroxylation is 1. The number of halogens is 5. The van der Waals surface area contributed by atoms with Gasteiger partial charge in [-0.1, -0.05) is 42.3 Å². The molecule has 1 heterocycles. The van der Waals surface area contributed by atoms with E-state index in [2.05, 4.69) is 15.7 Å².